The van der Waals surface area contributed by atoms with Gasteiger partial charge in [-0.15, -0.1) is 0 Å². The summed E-state index contributed by atoms with van der Waals surface area (Å²) >= 11 is 0. The van der Waals surface area contributed by atoms with Crippen molar-refractivity contribution in [3.05, 3.63) is 65.2 Å². The van der Waals surface area contributed by atoms with E-state index in [1.807, 2.05) is 51.1 Å². The fourth-order valence-electron chi connectivity index (χ4n) is 2.11. The van der Waals surface area contributed by atoms with Gasteiger partial charge in [0.05, 0.1) is 18.3 Å². The quantitative estimate of drug-likeness (QED) is 0.780. The fraction of sp³-hybridized carbons (Fsp3) is 0.300. The Kier molecular flexibility index (Phi) is 6.71. The van der Waals surface area contributed by atoms with E-state index in [4.69, 9.17) is 9.47 Å². The monoisotopic (exact) mass is 341 g/mol. The molecule has 0 saturated heterocycles. The number of hydrogen-bond acceptors (Lipinski definition) is 4. The lowest BCUT2D eigenvalue weighted by Gasteiger charge is -2.09. The van der Waals surface area contributed by atoms with Gasteiger partial charge in [0.2, 0.25) is 0 Å². The zero-order chi connectivity index (χ0) is 18.2. The summed E-state index contributed by atoms with van der Waals surface area (Å²) in [7, 11) is 0. The predicted molar refractivity (Wildman–Crippen MR) is 96.5 cm³/mol. The summed E-state index contributed by atoms with van der Waals surface area (Å²) in [6.07, 6.45) is 0.149. The molecule has 0 fully saturated rings. The number of carbonyl (C=O) groups excluding carboxylic acids is 2. The number of rotatable bonds is 7. The zero-order valence-corrected chi connectivity index (χ0v) is 14.7. The molecule has 0 aliphatic rings. The van der Waals surface area contributed by atoms with Crippen LogP contribution in [0.25, 0.3) is 0 Å². The van der Waals surface area contributed by atoms with Gasteiger partial charge < -0.3 is 14.8 Å². The van der Waals surface area contributed by atoms with Gasteiger partial charge >= 0.3 is 5.97 Å². The first-order valence-corrected chi connectivity index (χ1v) is 8.19. The number of hydrogen-bond donors (Lipinski definition) is 1. The van der Waals surface area contributed by atoms with Crippen LogP contribution in [0.3, 0.4) is 0 Å². The summed E-state index contributed by atoms with van der Waals surface area (Å²) in [5.74, 6) is -0.902. The van der Waals surface area contributed by atoms with Crippen LogP contribution >= 0.6 is 0 Å². The maximum atomic E-state index is 12.0. The summed E-state index contributed by atoms with van der Waals surface area (Å²) in [6.45, 7) is 5.99. The van der Waals surface area contributed by atoms with Crippen LogP contribution in [-0.2, 0) is 20.9 Å². The smallest absolute Gasteiger partial charge is 0.338 e. The van der Waals surface area contributed by atoms with Crippen molar-refractivity contribution >= 4 is 17.6 Å². The molecule has 0 saturated carbocycles. The molecule has 0 bridgehead atoms. The Morgan fingerprint density at radius 1 is 1.04 bits per heavy atom. The third-order valence-electron chi connectivity index (χ3n) is 3.53. The van der Waals surface area contributed by atoms with Gasteiger partial charge in [0, 0.05) is 5.69 Å². The zero-order valence-electron chi connectivity index (χ0n) is 14.7. The Balaban J connectivity index is 1.83. The minimum Gasteiger partial charge on any atom is -0.452 e. The first kappa shape index (κ1) is 18.7. The molecule has 2 rings (SSSR count). The van der Waals surface area contributed by atoms with Gasteiger partial charge in [0.1, 0.15) is 0 Å². The topological polar surface area (TPSA) is 64.6 Å². The molecular weight excluding hydrogens is 318 g/mol. The second kappa shape index (κ2) is 8.99. The van der Waals surface area contributed by atoms with Crippen molar-refractivity contribution in [3.63, 3.8) is 0 Å². The minimum absolute atomic E-state index is 0.149. The minimum atomic E-state index is -0.531. The number of nitrogens with one attached hydrogen (secondary N) is 1. The van der Waals surface area contributed by atoms with Gasteiger partial charge in [-0.25, -0.2) is 4.79 Å². The summed E-state index contributed by atoms with van der Waals surface area (Å²) in [5.41, 5.74) is 3.03. The summed E-state index contributed by atoms with van der Waals surface area (Å²) in [4.78, 5) is 23.9. The van der Waals surface area contributed by atoms with Crippen molar-refractivity contribution in [3.8, 4) is 0 Å². The molecular formula is C20H23NO4. The van der Waals surface area contributed by atoms with E-state index in [9.17, 15) is 9.59 Å². The molecule has 132 valence electrons. The SMILES string of the molecule is Cc1ccccc1NC(=O)COC(=O)c1ccc(COC(C)C)cc1. The molecule has 1 N–H and O–H groups in total. The first-order valence-electron chi connectivity index (χ1n) is 8.19. The number of ether oxygens (including phenoxy) is 2. The molecule has 5 nitrogen and oxygen atoms in total. The fourth-order valence-corrected chi connectivity index (χ4v) is 2.11. The lowest BCUT2D eigenvalue weighted by Crippen LogP contribution is -2.21. The van der Waals surface area contributed by atoms with Crippen LogP contribution < -0.4 is 5.32 Å². The average Bonchev–Trinajstić information content (AvgIpc) is 2.60. The van der Waals surface area contributed by atoms with Gasteiger partial charge in [0.15, 0.2) is 6.61 Å². The van der Waals surface area contributed by atoms with Crippen molar-refractivity contribution in [1.29, 1.82) is 0 Å². The van der Waals surface area contributed by atoms with E-state index in [0.29, 0.717) is 17.9 Å². The third kappa shape index (κ3) is 6.04. The number of anilines is 1. The van der Waals surface area contributed by atoms with E-state index in [1.165, 1.54) is 0 Å². The second-order valence-electron chi connectivity index (χ2n) is 6.00. The van der Waals surface area contributed by atoms with E-state index in [1.54, 1.807) is 18.2 Å². The highest BCUT2D eigenvalue weighted by Gasteiger charge is 2.11. The number of amides is 1. The van der Waals surface area contributed by atoms with E-state index < -0.39 is 5.97 Å². The van der Waals surface area contributed by atoms with E-state index >= 15 is 0 Å². The van der Waals surface area contributed by atoms with E-state index in [0.717, 1.165) is 11.1 Å². The number of benzene rings is 2. The van der Waals surface area contributed by atoms with Crippen molar-refractivity contribution in [2.24, 2.45) is 0 Å². The lowest BCUT2D eigenvalue weighted by atomic mass is 10.1. The standard InChI is InChI=1S/C20H23NO4/c1-14(2)24-12-16-8-10-17(11-9-16)20(23)25-13-19(22)21-18-7-5-4-6-15(18)3/h4-11,14H,12-13H2,1-3H3,(H,21,22). The van der Waals surface area contributed by atoms with Gasteiger partial charge in [-0.3, -0.25) is 4.79 Å². The second-order valence-corrected chi connectivity index (χ2v) is 6.00. The molecule has 2 aromatic carbocycles. The Bertz CT molecular complexity index is 723. The normalized spacial score (nSPS) is 10.6. The Morgan fingerprint density at radius 3 is 2.36 bits per heavy atom. The maximum Gasteiger partial charge on any atom is 0.338 e. The molecule has 0 aromatic heterocycles. The van der Waals surface area contributed by atoms with Crippen molar-refractivity contribution in [2.45, 2.75) is 33.5 Å². The van der Waals surface area contributed by atoms with Crippen LogP contribution in [0.5, 0.6) is 0 Å². The van der Waals surface area contributed by atoms with Crippen molar-refractivity contribution < 1.29 is 19.1 Å². The molecule has 2 aromatic rings. The summed E-state index contributed by atoms with van der Waals surface area (Å²) in [6, 6.07) is 14.4. The highest BCUT2D eigenvalue weighted by Crippen LogP contribution is 2.13. The first-order chi connectivity index (χ1) is 12.0. The Labute approximate surface area is 148 Å². The van der Waals surface area contributed by atoms with Gasteiger partial charge in [-0.05, 0) is 50.1 Å². The highest BCUT2D eigenvalue weighted by molar-refractivity contribution is 5.95. The molecule has 0 radical (unpaired) electrons. The highest BCUT2D eigenvalue weighted by atomic mass is 16.5. The number of aryl methyl sites for hydroxylation is 1. The summed E-state index contributed by atoms with van der Waals surface area (Å²) < 4.78 is 10.6. The predicted octanol–water partition coefficient (Wildman–Crippen LogP) is 3.72. The molecule has 0 heterocycles. The third-order valence-corrected chi connectivity index (χ3v) is 3.53. The van der Waals surface area contributed by atoms with Gasteiger partial charge in [0.25, 0.3) is 5.91 Å². The van der Waals surface area contributed by atoms with Crippen LogP contribution in [0.2, 0.25) is 0 Å². The lowest BCUT2D eigenvalue weighted by molar-refractivity contribution is -0.119. The Morgan fingerprint density at radius 2 is 1.72 bits per heavy atom. The van der Waals surface area contributed by atoms with Crippen LogP contribution in [-0.4, -0.2) is 24.6 Å². The van der Waals surface area contributed by atoms with E-state index in [2.05, 4.69) is 5.32 Å². The van der Waals surface area contributed by atoms with Crippen molar-refractivity contribution in [2.75, 3.05) is 11.9 Å². The molecule has 0 unspecified atom stereocenters. The average molecular weight is 341 g/mol. The van der Waals surface area contributed by atoms with Crippen molar-refractivity contribution in [1.82, 2.24) is 0 Å². The van der Waals surface area contributed by atoms with Gasteiger partial charge in [-0.1, -0.05) is 30.3 Å². The Hall–Kier alpha value is -2.66. The molecule has 5 heteroatoms. The van der Waals surface area contributed by atoms with Gasteiger partial charge in [-0.2, -0.15) is 0 Å². The largest absolute Gasteiger partial charge is 0.452 e. The number of esters is 1. The molecule has 25 heavy (non-hydrogen) atoms. The van der Waals surface area contributed by atoms with Crippen LogP contribution in [0.15, 0.2) is 48.5 Å². The molecule has 0 spiro atoms. The maximum absolute atomic E-state index is 12.0. The molecule has 1 amide bonds. The van der Waals surface area contributed by atoms with Crippen LogP contribution in [0.4, 0.5) is 5.69 Å². The molecule has 0 aliphatic heterocycles. The van der Waals surface area contributed by atoms with Crippen LogP contribution in [0.1, 0.15) is 35.3 Å². The molecule has 0 aliphatic carbocycles. The van der Waals surface area contributed by atoms with E-state index in [-0.39, 0.29) is 18.6 Å². The molecule has 0 atom stereocenters. The van der Waals surface area contributed by atoms with Crippen LogP contribution in [0, 0.1) is 6.92 Å². The number of carbonyl (C=O) groups is 2. The summed E-state index contributed by atoms with van der Waals surface area (Å²) in [5, 5.41) is 2.72. The number of para-hydroxylation sites is 1.